The first kappa shape index (κ1) is 12.5. The predicted octanol–water partition coefficient (Wildman–Crippen LogP) is 0.469. The Balaban J connectivity index is 3.44. The second-order valence-electron chi connectivity index (χ2n) is 2.60. The summed E-state index contributed by atoms with van der Waals surface area (Å²) in [5.41, 5.74) is 0. The van der Waals surface area contributed by atoms with E-state index < -0.39 is 0 Å². The molecule has 0 fully saturated rings. The van der Waals surface area contributed by atoms with Crippen molar-refractivity contribution in [3.05, 3.63) is 0 Å². The van der Waals surface area contributed by atoms with Crippen LogP contribution in [0.15, 0.2) is 0 Å². The Hall–Kier alpha value is -1.50. The van der Waals surface area contributed by atoms with Gasteiger partial charge in [-0.3, -0.25) is 9.59 Å². The van der Waals surface area contributed by atoms with Crippen molar-refractivity contribution in [2.45, 2.75) is 26.2 Å². The van der Waals surface area contributed by atoms with Crippen LogP contribution in [0.5, 0.6) is 0 Å². The van der Waals surface area contributed by atoms with Gasteiger partial charge in [0.1, 0.15) is 0 Å². The molecule has 0 saturated heterocycles. The molecule has 0 unspecified atom stereocenters. The van der Waals surface area contributed by atoms with Crippen LogP contribution in [0, 0.1) is 11.8 Å². The molecule has 0 radical (unpaired) electrons. The molecule has 0 saturated carbocycles. The molecule has 4 heteroatoms. The third-order valence-corrected chi connectivity index (χ3v) is 1.53. The van der Waals surface area contributed by atoms with Crippen molar-refractivity contribution in [2.24, 2.45) is 0 Å². The summed E-state index contributed by atoms with van der Waals surface area (Å²) >= 11 is 0. The van der Waals surface area contributed by atoms with Gasteiger partial charge >= 0.3 is 5.97 Å². The largest absolute Gasteiger partial charge is 0.469 e. The van der Waals surface area contributed by atoms with E-state index in [0.29, 0.717) is 13.0 Å². The molecule has 1 amide bonds. The van der Waals surface area contributed by atoms with Crippen LogP contribution in [0.2, 0.25) is 0 Å². The van der Waals surface area contributed by atoms with Gasteiger partial charge in [0.2, 0.25) is 5.91 Å². The molecule has 0 aliphatic heterocycles. The first-order chi connectivity index (χ1) is 6.70. The molecule has 4 nitrogen and oxygen atoms in total. The summed E-state index contributed by atoms with van der Waals surface area (Å²) in [4.78, 5) is 21.7. The second kappa shape index (κ2) is 8.11. The Morgan fingerprint density at radius 3 is 2.64 bits per heavy atom. The molecular weight excluding hydrogens is 182 g/mol. The van der Waals surface area contributed by atoms with Crippen LogP contribution in [-0.2, 0) is 14.3 Å². The Labute approximate surface area is 84.0 Å². The molecular formula is C10H15NO3. The highest BCUT2D eigenvalue weighted by molar-refractivity contribution is 5.81. The van der Waals surface area contributed by atoms with Crippen molar-refractivity contribution >= 4 is 11.9 Å². The third-order valence-electron chi connectivity index (χ3n) is 1.53. The van der Waals surface area contributed by atoms with Gasteiger partial charge in [-0.25, -0.2) is 0 Å². The number of ether oxygens (including phenoxy) is 1. The zero-order valence-electron chi connectivity index (χ0n) is 8.55. The number of hydrogen-bond donors (Lipinski definition) is 1. The van der Waals surface area contributed by atoms with Crippen molar-refractivity contribution in [2.75, 3.05) is 13.7 Å². The Morgan fingerprint density at radius 1 is 1.36 bits per heavy atom. The highest BCUT2D eigenvalue weighted by atomic mass is 16.5. The van der Waals surface area contributed by atoms with Gasteiger partial charge in [0.25, 0.3) is 0 Å². The highest BCUT2D eigenvalue weighted by Crippen LogP contribution is 1.91. The van der Waals surface area contributed by atoms with Crippen LogP contribution in [-0.4, -0.2) is 25.5 Å². The number of methoxy groups -OCH3 is 1. The minimum absolute atomic E-state index is 0.127. The number of amides is 1. The molecule has 0 spiro atoms. The lowest BCUT2D eigenvalue weighted by molar-refractivity contribution is -0.142. The molecule has 0 bridgehead atoms. The lowest BCUT2D eigenvalue weighted by Gasteiger charge is -2.01. The van der Waals surface area contributed by atoms with Gasteiger partial charge in [-0.2, -0.15) is 0 Å². The predicted molar refractivity (Wildman–Crippen MR) is 52.3 cm³/mol. The van der Waals surface area contributed by atoms with Gasteiger partial charge in [0, 0.05) is 19.4 Å². The first-order valence-corrected chi connectivity index (χ1v) is 4.43. The van der Waals surface area contributed by atoms with Crippen LogP contribution in [0.1, 0.15) is 26.2 Å². The molecule has 0 aromatic heterocycles. The van der Waals surface area contributed by atoms with E-state index in [2.05, 4.69) is 21.9 Å². The van der Waals surface area contributed by atoms with E-state index in [1.807, 2.05) is 0 Å². The van der Waals surface area contributed by atoms with Crippen molar-refractivity contribution in [1.82, 2.24) is 5.32 Å². The minimum atomic E-state index is -0.367. The fourth-order valence-electron chi connectivity index (χ4n) is 0.795. The second-order valence-corrected chi connectivity index (χ2v) is 2.60. The van der Waals surface area contributed by atoms with E-state index in [-0.39, 0.29) is 24.7 Å². The van der Waals surface area contributed by atoms with Crippen molar-refractivity contribution in [3.63, 3.8) is 0 Å². The first-order valence-electron chi connectivity index (χ1n) is 4.43. The number of esters is 1. The molecule has 1 N–H and O–H groups in total. The van der Waals surface area contributed by atoms with Gasteiger partial charge in [0.15, 0.2) is 0 Å². The van der Waals surface area contributed by atoms with E-state index >= 15 is 0 Å². The standard InChI is InChI=1S/C10H15NO3/c1-3-4-5-8-11-9(12)6-7-10(13)14-2/h5-8H2,1-2H3,(H,11,12). The molecule has 14 heavy (non-hydrogen) atoms. The van der Waals surface area contributed by atoms with Gasteiger partial charge in [0.05, 0.1) is 13.5 Å². The van der Waals surface area contributed by atoms with E-state index in [4.69, 9.17) is 0 Å². The van der Waals surface area contributed by atoms with E-state index in [0.717, 1.165) is 0 Å². The smallest absolute Gasteiger partial charge is 0.306 e. The molecule has 0 atom stereocenters. The fraction of sp³-hybridized carbons (Fsp3) is 0.600. The molecule has 0 rings (SSSR count). The van der Waals surface area contributed by atoms with Gasteiger partial charge in [-0.1, -0.05) is 0 Å². The third kappa shape index (κ3) is 7.17. The molecule has 0 heterocycles. The number of nitrogens with one attached hydrogen (secondary N) is 1. The summed E-state index contributed by atoms with van der Waals surface area (Å²) in [6.07, 6.45) is 0.939. The highest BCUT2D eigenvalue weighted by Gasteiger charge is 2.05. The summed E-state index contributed by atoms with van der Waals surface area (Å²) in [6.45, 7) is 2.28. The SMILES string of the molecule is CC#CCCNC(=O)CCC(=O)OC. The Kier molecular flexibility index (Phi) is 7.24. The Morgan fingerprint density at radius 2 is 2.07 bits per heavy atom. The number of rotatable bonds is 5. The van der Waals surface area contributed by atoms with Gasteiger partial charge in [-0.05, 0) is 6.92 Å². The lowest BCUT2D eigenvalue weighted by atomic mass is 10.3. The van der Waals surface area contributed by atoms with Crippen molar-refractivity contribution in [3.8, 4) is 11.8 Å². The van der Waals surface area contributed by atoms with Crippen LogP contribution in [0.4, 0.5) is 0 Å². The average Bonchev–Trinajstić information content (AvgIpc) is 2.21. The van der Waals surface area contributed by atoms with E-state index in [1.54, 1.807) is 6.92 Å². The van der Waals surface area contributed by atoms with Crippen molar-refractivity contribution in [1.29, 1.82) is 0 Å². The zero-order valence-corrected chi connectivity index (χ0v) is 8.55. The summed E-state index contributed by atoms with van der Waals surface area (Å²) in [5.74, 6) is 5.04. The molecule has 0 aromatic carbocycles. The summed E-state index contributed by atoms with van der Waals surface area (Å²) in [6, 6.07) is 0. The van der Waals surface area contributed by atoms with E-state index in [1.165, 1.54) is 7.11 Å². The molecule has 0 aliphatic rings. The maximum atomic E-state index is 11.1. The van der Waals surface area contributed by atoms with Crippen molar-refractivity contribution < 1.29 is 14.3 Å². The van der Waals surface area contributed by atoms with E-state index in [9.17, 15) is 9.59 Å². The van der Waals surface area contributed by atoms with Gasteiger partial charge < -0.3 is 10.1 Å². The average molecular weight is 197 g/mol. The number of carbonyl (C=O) groups is 2. The zero-order chi connectivity index (χ0) is 10.8. The van der Waals surface area contributed by atoms with Crippen LogP contribution in [0.25, 0.3) is 0 Å². The number of hydrogen-bond acceptors (Lipinski definition) is 3. The molecule has 0 aromatic rings. The Bertz CT molecular complexity index is 250. The number of carbonyl (C=O) groups excluding carboxylic acids is 2. The lowest BCUT2D eigenvalue weighted by Crippen LogP contribution is -2.24. The summed E-state index contributed by atoms with van der Waals surface area (Å²) < 4.78 is 4.40. The summed E-state index contributed by atoms with van der Waals surface area (Å²) in [7, 11) is 1.30. The van der Waals surface area contributed by atoms with Crippen LogP contribution >= 0.6 is 0 Å². The minimum Gasteiger partial charge on any atom is -0.469 e. The van der Waals surface area contributed by atoms with Crippen LogP contribution < -0.4 is 5.32 Å². The summed E-state index contributed by atoms with van der Waals surface area (Å²) in [5, 5.41) is 2.65. The monoisotopic (exact) mass is 197 g/mol. The normalized spacial score (nSPS) is 8.43. The topological polar surface area (TPSA) is 55.4 Å². The fourth-order valence-corrected chi connectivity index (χ4v) is 0.795. The van der Waals surface area contributed by atoms with Crippen LogP contribution in [0.3, 0.4) is 0 Å². The molecule has 0 aliphatic carbocycles. The van der Waals surface area contributed by atoms with Gasteiger partial charge in [-0.15, -0.1) is 11.8 Å². The maximum Gasteiger partial charge on any atom is 0.306 e. The molecule has 78 valence electrons. The maximum absolute atomic E-state index is 11.1. The quantitative estimate of drug-likeness (QED) is 0.396.